The van der Waals surface area contributed by atoms with Crippen molar-refractivity contribution < 1.29 is 9.53 Å². The Morgan fingerprint density at radius 1 is 0.808 bits per heavy atom. The van der Waals surface area contributed by atoms with Gasteiger partial charge in [-0.3, -0.25) is 0 Å². The maximum Gasteiger partial charge on any atom is 0.335 e. The van der Waals surface area contributed by atoms with Gasteiger partial charge in [-0.1, -0.05) is 103 Å². The number of aryl methyl sites for hydroxylation is 1. The normalized spacial score (nSPS) is 10.7. The molecule has 0 aliphatic carbocycles. The second-order valence-electron chi connectivity index (χ2n) is 7.26. The summed E-state index contributed by atoms with van der Waals surface area (Å²) in [5.74, 6) is 0.179. The maximum absolute atomic E-state index is 11.1. The van der Waals surface area contributed by atoms with Gasteiger partial charge in [-0.2, -0.15) is 0 Å². The van der Waals surface area contributed by atoms with E-state index in [4.69, 9.17) is 4.74 Å². The molecule has 0 saturated heterocycles. The number of carbonyl (C=O) groups excluding carboxylic acids is 1. The largest absolute Gasteiger partial charge is 0.423 e. The third kappa shape index (κ3) is 11.9. The summed E-state index contributed by atoms with van der Waals surface area (Å²) in [6.07, 6.45) is 20.3. The van der Waals surface area contributed by atoms with Crippen LogP contribution in [0.3, 0.4) is 0 Å². The first kappa shape index (κ1) is 22.5. The molecule has 26 heavy (non-hydrogen) atoms. The van der Waals surface area contributed by atoms with E-state index in [2.05, 4.69) is 13.5 Å². The molecule has 1 aromatic rings. The van der Waals surface area contributed by atoms with E-state index >= 15 is 0 Å². The Hall–Kier alpha value is -1.57. The highest BCUT2D eigenvalue weighted by atomic mass is 16.5. The van der Waals surface area contributed by atoms with Crippen LogP contribution in [-0.2, 0) is 11.2 Å². The monoisotopic (exact) mass is 358 g/mol. The van der Waals surface area contributed by atoms with E-state index in [1.165, 1.54) is 95.1 Å². The highest BCUT2D eigenvalue weighted by Crippen LogP contribution is 2.16. The summed E-state index contributed by atoms with van der Waals surface area (Å²) in [7, 11) is 0. The summed E-state index contributed by atoms with van der Waals surface area (Å²) in [6, 6.07) is 7.82. The van der Waals surface area contributed by atoms with Crippen LogP contribution in [0.2, 0.25) is 0 Å². The molecule has 0 aromatic heterocycles. The molecule has 0 spiro atoms. The highest BCUT2D eigenvalue weighted by molar-refractivity contribution is 5.83. The fraction of sp³-hybridized carbons (Fsp3) is 0.625. The van der Waals surface area contributed by atoms with Crippen molar-refractivity contribution >= 4 is 5.97 Å². The lowest BCUT2D eigenvalue weighted by molar-refractivity contribution is -0.128. The second kappa shape index (κ2) is 15.7. The lowest BCUT2D eigenvalue weighted by atomic mass is 10.0. The van der Waals surface area contributed by atoms with Gasteiger partial charge >= 0.3 is 5.97 Å². The smallest absolute Gasteiger partial charge is 0.335 e. The van der Waals surface area contributed by atoms with Gasteiger partial charge in [0.25, 0.3) is 0 Å². The van der Waals surface area contributed by atoms with Crippen molar-refractivity contribution in [2.75, 3.05) is 0 Å². The van der Waals surface area contributed by atoms with Crippen molar-refractivity contribution in [3.63, 3.8) is 0 Å². The van der Waals surface area contributed by atoms with E-state index in [0.29, 0.717) is 5.75 Å². The van der Waals surface area contributed by atoms with Gasteiger partial charge in [-0.25, -0.2) is 4.79 Å². The molecule has 1 aromatic carbocycles. The third-order valence-corrected chi connectivity index (χ3v) is 4.88. The zero-order valence-electron chi connectivity index (χ0n) is 16.8. The molecule has 2 nitrogen and oxygen atoms in total. The molecule has 2 heteroatoms. The predicted molar refractivity (Wildman–Crippen MR) is 112 cm³/mol. The minimum absolute atomic E-state index is 0.408. The van der Waals surface area contributed by atoms with Crippen LogP contribution in [0, 0.1) is 0 Å². The van der Waals surface area contributed by atoms with Crippen molar-refractivity contribution in [1.82, 2.24) is 0 Å². The third-order valence-electron chi connectivity index (χ3n) is 4.88. The van der Waals surface area contributed by atoms with Crippen LogP contribution in [0.15, 0.2) is 36.9 Å². The van der Waals surface area contributed by atoms with E-state index < -0.39 is 5.97 Å². The molecule has 0 saturated carbocycles. The summed E-state index contributed by atoms with van der Waals surface area (Å²) in [6.45, 7) is 5.68. The van der Waals surface area contributed by atoms with E-state index in [-0.39, 0.29) is 0 Å². The fourth-order valence-corrected chi connectivity index (χ4v) is 3.23. The first-order valence-electron chi connectivity index (χ1n) is 10.7. The molecule has 0 bridgehead atoms. The molecule has 0 N–H and O–H groups in total. The number of hydrogen-bond donors (Lipinski definition) is 0. The molecule has 0 heterocycles. The van der Waals surface area contributed by atoms with Gasteiger partial charge < -0.3 is 4.74 Å². The molecule has 0 aliphatic heterocycles. The molecular weight excluding hydrogens is 320 g/mol. The molecule has 146 valence electrons. The minimum atomic E-state index is -0.408. The fourth-order valence-electron chi connectivity index (χ4n) is 3.23. The summed E-state index contributed by atoms with van der Waals surface area (Å²) < 4.78 is 5.08. The Kier molecular flexibility index (Phi) is 13.5. The standard InChI is InChI=1S/C24H38O2/c1-3-5-6-7-8-9-10-11-12-13-14-15-16-17-22-18-20-23(21-19-22)26-24(25)4-2/h4,18-21H,2-3,5-17H2,1H3. The van der Waals surface area contributed by atoms with E-state index in [0.717, 1.165) is 6.42 Å². The summed E-state index contributed by atoms with van der Waals surface area (Å²) in [5, 5.41) is 0. The van der Waals surface area contributed by atoms with Gasteiger partial charge in [0, 0.05) is 6.08 Å². The Balaban J connectivity index is 1.93. The SMILES string of the molecule is C=CC(=O)Oc1ccc(CCCCCCCCCCCCCCC)cc1. The summed E-state index contributed by atoms with van der Waals surface area (Å²) >= 11 is 0. The summed E-state index contributed by atoms with van der Waals surface area (Å²) in [5.41, 5.74) is 1.31. The van der Waals surface area contributed by atoms with Crippen LogP contribution < -0.4 is 4.74 Å². The maximum atomic E-state index is 11.1. The first-order valence-corrected chi connectivity index (χ1v) is 10.7. The highest BCUT2D eigenvalue weighted by Gasteiger charge is 2.00. The average molecular weight is 359 g/mol. The Morgan fingerprint density at radius 3 is 1.73 bits per heavy atom. The van der Waals surface area contributed by atoms with Crippen molar-refractivity contribution in [3.05, 3.63) is 42.5 Å². The Bertz CT molecular complexity index is 475. The van der Waals surface area contributed by atoms with E-state index in [1.54, 1.807) is 0 Å². The Morgan fingerprint density at radius 2 is 1.27 bits per heavy atom. The van der Waals surface area contributed by atoms with E-state index in [9.17, 15) is 4.79 Å². The number of ether oxygens (including phenoxy) is 1. The van der Waals surface area contributed by atoms with Crippen molar-refractivity contribution in [2.24, 2.45) is 0 Å². The molecule has 0 unspecified atom stereocenters. The molecule has 0 amide bonds. The summed E-state index contributed by atoms with van der Waals surface area (Å²) in [4.78, 5) is 11.1. The minimum Gasteiger partial charge on any atom is -0.423 e. The van der Waals surface area contributed by atoms with Crippen LogP contribution in [0.5, 0.6) is 5.75 Å². The van der Waals surface area contributed by atoms with Gasteiger partial charge in [-0.05, 0) is 30.5 Å². The Labute approximate surface area is 161 Å². The molecule has 0 atom stereocenters. The molecular formula is C24H38O2. The predicted octanol–water partition coefficient (Wildman–Crippen LogP) is 7.41. The number of esters is 1. The average Bonchev–Trinajstić information content (AvgIpc) is 2.66. The zero-order valence-corrected chi connectivity index (χ0v) is 16.8. The zero-order chi connectivity index (χ0) is 18.9. The van der Waals surface area contributed by atoms with Gasteiger partial charge in [-0.15, -0.1) is 0 Å². The lowest BCUT2D eigenvalue weighted by Crippen LogP contribution is -2.02. The van der Waals surface area contributed by atoms with Crippen LogP contribution in [0.1, 0.15) is 96.0 Å². The molecule has 0 fully saturated rings. The molecule has 1 rings (SSSR count). The number of carbonyl (C=O) groups is 1. The van der Waals surface area contributed by atoms with Crippen molar-refractivity contribution in [3.8, 4) is 5.75 Å². The molecule has 0 aliphatic rings. The van der Waals surface area contributed by atoms with Crippen molar-refractivity contribution in [2.45, 2.75) is 96.8 Å². The number of hydrogen-bond acceptors (Lipinski definition) is 2. The molecule has 0 radical (unpaired) electrons. The number of rotatable bonds is 16. The van der Waals surface area contributed by atoms with Gasteiger partial charge in [0.1, 0.15) is 5.75 Å². The van der Waals surface area contributed by atoms with Gasteiger partial charge in [0.2, 0.25) is 0 Å². The van der Waals surface area contributed by atoms with Crippen LogP contribution >= 0.6 is 0 Å². The van der Waals surface area contributed by atoms with Gasteiger partial charge in [0.15, 0.2) is 0 Å². The van der Waals surface area contributed by atoms with E-state index in [1.807, 2.05) is 24.3 Å². The number of benzene rings is 1. The quantitative estimate of drug-likeness (QED) is 0.133. The van der Waals surface area contributed by atoms with Crippen LogP contribution in [-0.4, -0.2) is 5.97 Å². The first-order chi connectivity index (χ1) is 12.8. The van der Waals surface area contributed by atoms with Crippen molar-refractivity contribution in [1.29, 1.82) is 0 Å². The van der Waals surface area contributed by atoms with Crippen LogP contribution in [0.25, 0.3) is 0 Å². The van der Waals surface area contributed by atoms with Crippen LogP contribution in [0.4, 0.5) is 0 Å². The number of unbranched alkanes of at least 4 members (excludes halogenated alkanes) is 12. The second-order valence-corrected chi connectivity index (χ2v) is 7.26. The lowest BCUT2D eigenvalue weighted by Gasteiger charge is -2.05. The van der Waals surface area contributed by atoms with Gasteiger partial charge in [0.05, 0.1) is 0 Å². The topological polar surface area (TPSA) is 26.3 Å².